The molecule has 2 fully saturated rings. The van der Waals surface area contributed by atoms with Crippen molar-refractivity contribution < 1.29 is 4.74 Å². The van der Waals surface area contributed by atoms with Crippen molar-refractivity contribution in [3.05, 3.63) is 0 Å². The van der Waals surface area contributed by atoms with Gasteiger partial charge in [-0.1, -0.05) is 13.3 Å². The van der Waals surface area contributed by atoms with Crippen LogP contribution in [0.25, 0.3) is 0 Å². The minimum absolute atomic E-state index is 0.0816. The van der Waals surface area contributed by atoms with Crippen LogP contribution in [0.15, 0.2) is 0 Å². The topological polar surface area (TPSA) is 21.3 Å². The molecule has 2 unspecified atom stereocenters. The molecule has 0 aromatic heterocycles. The van der Waals surface area contributed by atoms with Crippen molar-refractivity contribution >= 4 is 0 Å². The number of ether oxygens (including phenoxy) is 1. The first kappa shape index (κ1) is 7.56. The number of rotatable bonds is 0. The van der Waals surface area contributed by atoms with E-state index in [0.29, 0.717) is 5.92 Å². The molecule has 1 saturated heterocycles. The van der Waals surface area contributed by atoms with Gasteiger partial charge >= 0.3 is 0 Å². The van der Waals surface area contributed by atoms with Gasteiger partial charge in [0, 0.05) is 6.54 Å². The Morgan fingerprint density at radius 3 is 3.00 bits per heavy atom. The van der Waals surface area contributed by atoms with Crippen LogP contribution in [0, 0.1) is 5.92 Å². The normalized spacial score (nSPS) is 45.0. The molecule has 2 aliphatic rings. The van der Waals surface area contributed by atoms with Crippen LogP contribution in [0.4, 0.5) is 0 Å². The Morgan fingerprint density at radius 2 is 2.36 bits per heavy atom. The zero-order chi connectivity index (χ0) is 7.73. The lowest BCUT2D eigenvalue weighted by atomic mass is 9.82. The molecule has 64 valence electrons. The van der Waals surface area contributed by atoms with Crippen LogP contribution in [0.5, 0.6) is 0 Å². The summed E-state index contributed by atoms with van der Waals surface area (Å²) < 4.78 is 5.78. The molecule has 11 heavy (non-hydrogen) atoms. The van der Waals surface area contributed by atoms with Gasteiger partial charge in [0.05, 0.1) is 6.61 Å². The van der Waals surface area contributed by atoms with E-state index in [4.69, 9.17) is 4.74 Å². The standard InChI is InChI=1S/C9H17NO/c1-8-4-2-3-5-9(8)10-6-7-11-9/h8,10H,2-7H2,1H3. The molecule has 2 nitrogen and oxygen atoms in total. The fourth-order valence-corrected chi connectivity index (χ4v) is 2.34. The maximum absolute atomic E-state index is 5.78. The van der Waals surface area contributed by atoms with Crippen molar-refractivity contribution in [3.8, 4) is 0 Å². The second-order valence-corrected chi connectivity index (χ2v) is 3.81. The van der Waals surface area contributed by atoms with Gasteiger partial charge in [-0.2, -0.15) is 0 Å². The van der Waals surface area contributed by atoms with Crippen LogP contribution in [-0.2, 0) is 4.74 Å². The molecule has 2 atom stereocenters. The van der Waals surface area contributed by atoms with Gasteiger partial charge in [0.25, 0.3) is 0 Å². The summed E-state index contributed by atoms with van der Waals surface area (Å²) in [7, 11) is 0. The van der Waals surface area contributed by atoms with Crippen molar-refractivity contribution in [2.45, 2.75) is 38.3 Å². The Hall–Kier alpha value is -0.0800. The van der Waals surface area contributed by atoms with Gasteiger partial charge in [-0.15, -0.1) is 0 Å². The van der Waals surface area contributed by atoms with Gasteiger partial charge in [0.15, 0.2) is 0 Å². The zero-order valence-corrected chi connectivity index (χ0v) is 7.23. The van der Waals surface area contributed by atoms with E-state index in [1.807, 2.05) is 0 Å². The van der Waals surface area contributed by atoms with Crippen LogP contribution in [0.3, 0.4) is 0 Å². The van der Waals surface area contributed by atoms with Gasteiger partial charge in [0.2, 0.25) is 0 Å². The van der Waals surface area contributed by atoms with Gasteiger partial charge < -0.3 is 4.74 Å². The predicted octanol–water partition coefficient (Wildman–Crippen LogP) is 1.51. The molecule has 1 heterocycles. The number of nitrogens with one attached hydrogen (secondary N) is 1. The lowest BCUT2D eigenvalue weighted by Crippen LogP contribution is -2.48. The molecule has 1 saturated carbocycles. The number of hydrogen-bond donors (Lipinski definition) is 1. The molecule has 1 aliphatic heterocycles. The quantitative estimate of drug-likeness (QED) is 0.572. The summed E-state index contributed by atoms with van der Waals surface area (Å²) in [5, 5.41) is 3.50. The van der Waals surface area contributed by atoms with Crippen molar-refractivity contribution in [1.82, 2.24) is 5.32 Å². The second-order valence-electron chi connectivity index (χ2n) is 3.81. The second kappa shape index (κ2) is 2.76. The van der Waals surface area contributed by atoms with Crippen LogP contribution in [0.1, 0.15) is 32.6 Å². The summed E-state index contributed by atoms with van der Waals surface area (Å²) >= 11 is 0. The van der Waals surface area contributed by atoms with Crippen LogP contribution in [0.2, 0.25) is 0 Å². The third kappa shape index (κ3) is 1.18. The van der Waals surface area contributed by atoms with E-state index in [1.54, 1.807) is 0 Å². The van der Waals surface area contributed by atoms with Crippen molar-refractivity contribution in [2.75, 3.05) is 13.2 Å². The van der Waals surface area contributed by atoms with Gasteiger partial charge in [-0.05, 0) is 25.2 Å². The Bertz CT molecular complexity index is 140. The highest BCUT2D eigenvalue weighted by Gasteiger charge is 2.41. The van der Waals surface area contributed by atoms with E-state index in [1.165, 1.54) is 25.7 Å². The van der Waals surface area contributed by atoms with E-state index in [2.05, 4.69) is 12.2 Å². The summed E-state index contributed by atoms with van der Waals surface area (Å²) in [6.07, 6.45) is 5.26. The van der Waals surface area contributed by atoms with E-state index < -0.39 is 0 Å². The average Bonchev–Trinajstić information content (AvgIpc) is 2.46. The monoisotopic (exact) mass is 155 g/mol. The average molecular weight is 155 g/mol. The largest absolute Gasteiger partial charge is 0.359 e. The molecule has 2 rings (SSSR count). The van der Waals surface area contributed by atoms with Gasteiger partial charge in [-0.3, -0.25) is 5.32 Å². The predicted molar refractivity (Wildman–Crippen MR) is 44.3 cm³/mol. The molecule has 0 radical (unpaired) electrons. The minimum atomic E-state index is 0.0816. The summed E-state index contributed by atoms with van der Waals surface area (Å²) in [4.78, 5) is 0. The summed E-state index contributed by atoms with van der Waals surface area (Å²) in [5.74, 6) is 0.707. The fraction of sp³-hybridized carbons (Fsp3) is 1.00. The van der Waals surface area contributed by atoms with Gasteiger partial charge in [-0.25, -0.2) is 0 Å². The molecule has 0 bridgehead atoms. The first-order chi connectivity index (χ1) is 5.33. The summed E-state index contributed by atoms with van der Waals surface area (Å²) in [5.41, 5.74) is 0.0816. The maximum Gasteiger partial charge on any atom is 0.121 e. The SMILES string of the molecule is CC1CCCCC12NCCO2. The highest BCUT2D eigenvalue weighted by atomic mass is 16.5. The van der Waals surface area contributed by atoms with Crippen LogP contribution >= 0.6 is 0 Å². The summed E-state index contributed by atoms with van der Waals surface area (Å²) in [6.45, 7) is 4.26. The molecular weight excluding hydrogens is 138 g/mol. The zero-order valence-electron chi connectivity index (χ0n) is 7.23. The molecule has 2 heteroatoms. The van der Waals surface area contributed by atoms with E-state index in [-0.39, 0.29) is 5.72 Å². The molecule has 1 N–H and O–H groups in total. The van der Waals surface area contributed by atoms with E-state index >= 15 is 0 Å². The Balaban J connectivity index is 2.07. The highest BCUT2D eigenvalue weighted by molar-refractivity contribution is 4.90. The fourth-order valence-electron chi connectivity index (χ4n) is 2.34. The number of hydrogen-bond acceptors (Lipinski definition) is 2. The smallest absolute Gasteiger partial charge is 0.121 e. The maximum atomic E-state index is 5.78. The van der Waals surface area contributed by atoms with Crippen LogP contribution < -0.4 is 5.32 Å². The van der Waals surface area contributed by atoms with Crippen molar-refractivity contribution in [1.29, 1.82) is 0 Å². The summed E-state index contributed by atoms with van der Waals surface area (Å²) in [6, 6.07) is 0. The molecular formula is C9H17NO. The Kier molecular flexibility index (Phi) is 1.90. The molecule has 0 amide bonds. The van der Waals surface area contributed by atoms with E-state index in [9.17, 15) is 0 Å². The van der Waals surface area contributed by atoms with Crippen LogP contribution in [-0.4, -0.2) is 18.9 Å². The molecule has 0 aromatic rings. The molecule has 1 spiro atoms. The minimum Gasteiger partial charge on any atom is -0.359 e. The van der Waals surface area contributed by atoms with E-state index in [0.717, 1.165) is 13.2 Å². The van der Waals surface area contributed by atoms with Gasteiger partial charge in [0.1, 0.15) is 5.72 Å². The first-order valence-corrected chi connectivity index (χ1v) is 4.72. The third-order valence-electron chi connectivity index (χ3n) is 3.12. The van der Waals surface area contributed by atoms with Crippen molar-refractivity contribution in [3.63, 3.8) is 0 Å². The first-order valence-electron chi connectivity index (χ1n) is 4.72. The van der Waals surface area contributed by atoms with Crippen molar-refractivity contribution in [2.24, 2.45) is 5.92 Å². The molecule has 0 aromatic carbocycles. The highest BCUT2D eigenvalue weighted by Crippen LogP contribution is 2.36. The third-order valence-corrected chi connectivity index (χ3v) is 3.12. The molecule has 1 aliphatic carbocycles. The lowest BCUT2D eigenvalue weighted by Gasteiger charge is -2.38. The Labute approximate surface area is 68.3 Å². The lowest BCUT2D eigenvalue weighted by molar-refractivity contribution is -0.0765. The Morgan fingerprint density at radius 1 is 1.45 bits per heavy atom.